The summed E-state index contributed by atoms with van der Waals surface area (Å²) in [5, 5.41) is 10.6. The van der Waals surface area contributed by atoms with Crippen LogP contribution in [0.5, 0.6) is 0 Å². The van der Waals surface area contributed by atoms with E-state index in [9.17, 15) is 9.90 Å². The lowest BCUT2D eigenvalue weighted by molar-refractivity contribution is -0.308. The van der Waals surface area contributed by atoms with Crippen molar-refractivity contribution in [1.29, 1.82) is 0 Å². The van der Waals surface area contributed by atoms with Crippen LogP contribution in [0.1, 0.15) is 13.3 Å². The molecule has 1 aliphatic rings. The van der Waals surface area contributed by atoms with Gasteiger partial charge < -0.3 is 9.90 Å². The van der Waals surface area contributed by atoms with Gasteiger partial charge in [0, 0.05) is 5.92 Å². The van der Waals surface area contributed by atoms with E-state index >= 15 is 0 Å². The van der Waals surface area contributed by atoms with E-state index in [0.29, 0.717) is 12.0 Å². The van der Waals surface area contributed by atoms with Gasteiger partial charge in [-0.05, 0) is 18.6 Å². The van der Waals surface area contributed by atoms with Crippen molar-refractivity contribution in [3.63, 3.8) is 0 Å². The molecule has 0 N–H and O–H groups in total. The van der Waals surface area contributed by atoms with Crippen LogP contribution < -0.4 is 5.11 Å². The van der Waals surface area contributed by atoms with Gasteiger partial charge in [0.1, 0.15) is 0 Å². The first-order valence-corrected chi connectivity index (χ1v) is 4.71. The number of carboxylic acid groups (broad SMARTS) is 1. The van der Waals surface area contributed by atoms with Crippen LogP contribution in [0, 0.1) is 5.92 Å². The molecule has 0 aromatic heterocycles. The van der Waals surface area contributed by atoms with E-state index in [0.717, 1.165) is 0 Å². The number of rotatable bonds is 2. The normalized spacial score (nSPS) is 25.5. The van der Waals surface area contributed by atoms with Crippen LogP contribution in [0.3, 0.4) is 0 Å². The van der Waals surface area contributed by atoms with Gasteiger partial charge in [0.15, 0.2) is 4.33 Å². The fourth-order valence-electron chi connectivity index (χ4n) is 1.29. The Morgan fingerprint density at radius 1 is 1.69 bits per heavy atom. The molecular weight excluding hydrogens is 211 g/mol. The number of carbonyl (C=O) groups excluding carboxylic acids is 1. The van der Waals surface area contributed by atoms with Gasteiger partial charge in [-0.2, -0.15) is 0 Å². The third-order valence-electron chi connectivity index (χ3n) is 1.95. The summed E-state index contributed by atoms with van der Waals surface area (Å²) in [6.07, 6.45) is 5.07. The zero-order chi connectivity index (χ0) is 10.1. The Labute approximate surface area is 86.8 Å². The van der Waals surface area contributed by atoms with E-state index in [1.807, 2.05) is 6.92 Å². The van der Waals surface area contributed by atoms with Crippen molar-refractivity contribution in [3.05, 3.63) is 23.8 Å². The summed E-state index contributed by atoms with van der Waals surface area (Å²) in [5.41, 5.74) is 0.688. The van der Waals surface area contributed by atoms with Crippen molar-refractivity contribution in [3.8, 4) is 0 Å². The summed E-state index contributed by atoms with van der Waals surface area (Å²) in [4.78, 5) is 10.6. The van der Waals surface area contributed by atoms with Crippen LogP contribution >= 0.6 is 23.2 Å². The molecule has 4 heteroatoms. The van der Waals surface area contributed by atoms with E-state index in [4.69, 9.17) is 23.2 Å². The van der Waals surface area contributed by atoms with E-state index in [-0.39, 0.29) is 0 Å². The van der Waals surface area contributed by atoms with Gasteiger partial charge in [0.25, 0.3) is 0 Å². The zero-order valence-corrected chi connectivity index (χ0v) is 8.60. The highest BCUT2D eigenvalue weighted by Gasteiger charge is 2.25. The zero-order valence-electron chi connectivity index (χ0n) is 7.09. The molecule has 2 nitrogen and oxygen atoms in total. The van der Waals surface area contributed by atoms with Crippen molar-refractivity contribution in [2.45, 2.75) is 17.7 Å². The molecule has 0 aromatic carbocycles. The molecule has 0 spiro atoms. The second kappa shape index (κ2) is 3.72. The molecule has 0 amide bonds. The molecule has 1 aliphatic carbocycles. The van der Waals surface area contributed by atoms with Crippen LogP contribution in [0.25, 0.3) is 0 Å². The number of aliphatic carboxylic acids is 1. The van der Waals surface area contributed by atoms with E-state index in [2.05, 4.69) is 0 Å². The standard InChI is InChI=1S/C9H10Cl2O2/c1-2-6-5-9(10,11)4-3-7(6)8(12)13/h3-5,7H,2H2,1H3,(H,12,13)/p-1. The molecule has 0 radical (unpaired) electrons. The minimum absolute atomic E-state index is 0.601. The molecular formula is C9H9Cl2O2-. The highest BCUT2D eigenvalue weighted by atomic mass is 35.5. The van der Waals surface area contributed by atoms with Crippen LogP contribution in [-0.2, 0) is 4.79 Å². The maximum absolute atomic E-state index is 10.6. The quantitative estimate of drug-likeness (QED) is 0.521. The van der Waals surface area contributed by atoms with Gasteiger partial charge in [-0.3, -0.25) is 0 Å². The number of hydrogen-bond donors (Lipinski definition) is 0. The highest BCUT2D eigenvalue weighted by Crippen LogP contribution is 2.34. The SMILES string of the molecule is CCC1=CC(Cl)(Cl)C=CC1C(=O)[O-]. The second-order valence-corrected chi connectivity index (χ2v) is 4.35. The lowest BCUT2D eigenvalue weighted by atomic mass is 9.91. The largest absolute Gasteiger partial charge is 0.549 e. The number of carbonyl (C=O) groups is 1. The molecule has 0 bridgehead atoms. The summed E-state index contributed by atoms with van der Waals surface area (Å²) in [7, 11) is 0. The second-order valence-electron chi connectivity index (χ2n) is 2.90. The fraction of sp³-hybridized carbons (Fsp3) is 0.444. The molecule has 0 saturated carbocycles. The lowest BCUT2D eigenvalue weighted by Crippen LogP contribution is -2.33. The van der Waals surface area contributed by atoms with E-state index in [1.165, 1.54) is 12.2 Å². The Morgan fingerprint density at radius 2 is 2.31 bits per heavy atom. The van der Waals surface area contributed by atoms with Gasteiger partial charge in [-0.15, -0.1) is 0 Å². The number of hydrogen-bond acceptors (Lipinski definition) is 2. The average molecular weight is 220 g/mol. The summed E-state index contributed by atoms with van der Waals surface area (Å²) in [6.45, 7) is 1.85. The number of halogens is 2. The fourth-order valence-corrected chi connectivity index (χ4v) is 1.71. The van der Waals surface area contributed by atoms with Crippen molar-refractivity contribution in [2.24, 2.45) is 5.92 Å². The summed E-state index contributed by atoms with van der Waals surface area (Å²) in [5.74, 6) is -1.80. The molecule has 0 fully saturated rings. The predicted octanol–water partition coefficient (Wildman–Crippen LogP) is 1.43. The first kappa shape index (κ1) is 10.6. The number of alkyl halides is 2. The van der Waals surface area contributed by atoms with Gasteiger partial charge in [0.05, 0.1) is 5.97 Å². The van der Waals surface area contributed by atoms with Crippen molar-refractivity contribution >= 4 is 29.2 Å². The molecule has 0 heterocycles. The molecule has 0 aliphatic heterocycles. The van der Waals surface area contributed by atoms with E-state index < -0.39 is 16.2 Å². The van der Waals surface area contributed by atoms with Gasteiger partial charge in [-0.1, -0.05) is 41.8 Å². The lowest BCUT2D eigenvalue weighted by Gasteiger charge is -2.25. The number of carboxylic acids is 1. The van der Waals surface area contributed by atoms with Gasteiger partial charge >= 0.3 is 0 Å². The first-order chi connectivity index (χ1) is 5.96. The van der Waals surface area contributed by atoms with Crippen molar-refractivity contribution in [1.82, 2.24) is 0 Å². The van der Waals surface area contributed by atoms with Gasteiger partial charge in [-0.25, -0.2) is 0 Å². The monoisotopic (exact) mass is 219 g/mol. The minimum atomic E-state index is -1.12. The molecule has 0 saturated heterocycles. The van der Waals surface area contributed by atoms with Crippen molar-refractivity contribution < 1.29 is 9.90 Å². The molecule has 1 rings (SSSR count). The van der Waals surface area contributed by atoms with Crippen LogP contribution in [0.2, 0.25) is 0 Å². The maximum atomic E-state index is 10.6. The molecule has 72 valence electrons. The predicted molar refractivity (Wildman–Crippen MR) is 50.4 cm³/mol. The average Bonchev–Trinajstić information content (AvgIpc) is 2.01. The van der Waals surface area contributed by atoms with Crippen LogP contribution in [0.4, 0.5) is 0 Å². The Kier molecular flexibility index (Phi) is 3.04. The number of allylic oxidation sites excluding steroid dienone is 2. The Bertz CT molecular complexity index is 279. The molecule has 1 atom stereocenters. The Balaban J connectivity index is 2.95. The Morgan fingerprint density at radius 3 is 2.77 bits per heavy atom. The van der Waals surface area contributed by atoms with Gasteiger partial charge in [0.2, 0.25) is 0 Å². The third-order valence-corrected chi connectivity index (χ3v) is 2.42. The summed E-state index contributed by atoms with van der Waals surface area (Å²) >= 11 is 11.6. The Hall–Kier alpha value is -0.470. The molecule has 13 heavy (non-hydrogen) atoms. The van der Waals surface area contributed by atoms with Crippen LogP contribution in [0.15, 0.2) is 23.8 Å². The van der Waals surface area contributed by atoms with E-state index in [1.54, 1.807) is 6.08 Å². The first-order valence-electron chi connectivity index (χ1n) is 3.96. The summed E-state index contributed by atoms with van der Waals surface area (Å²) in [6, 6.07) is 0. The molecule has 1 unspecified atom stereocenters. The topological polar surface area (TPSA) is 40.1 Å². The smallest absolute Gasteiger partial charge is 0.154 e. The maximum Gasteiger partial charge on any atom is 0.154 e. The molecule has 0 aromatic rings. The highest BCUT2D eigenvalue weighted by molar-refractivity contribution is 6.51. The third kappa shape index (κ3) is 2.48. The summed E-state index contributed by atoms with van der Waals surface area (Å²) < 4.78 is -1.07. The minimum Gasteiger partial charge on any atom is -0.549 e. The van der Waals surface area contributed by atoms with Crippen molar-refractivity contribution in [2.75, 3.05) is 0 Å². The van der Waals surface area contributed by atoms with Crippen LogP contribution in [-0.4, -0.2) is 10.3 Å².